The van der Waals surface area contributed by atoms with Gasteiger partial charge in [0.2, 0.25) is 0 Å². The van der Waals surface area contributed by atoms with Crippen LogP contribution >= 0.6 is 11.3 Å². The molecule has 0 spiro atoms. The summed E-state index contributed by atoms with van der Waals surface area (Å²) in [4.78, 5) is 2.65. The molecule has 1 atom stereocenters. The maximum atomic E-state index is 5.96. The minimum atomic E-state index is 0.216. The predicted molar refractivity (Wildman–Crippen MR) is 50.8 cm³/mol. The van der Waals surface area contributed by atoms with Crippen molar-refractivity contribution in [2.24, 2.45) is 11.7 Å². The Morgan fingerprint density at radius 2 is 2.00 bits per heavy atom. The van der Waals surface area contributed by atoms with E-state index >= 15 is 0 Å². The lowest BCUT2D eigenvalue weighted by Gasteiger charge is -2.12. The highest BCUT2D eigenvalue weighted by Gasteiger charge is 2.11. The van der Waals surface area contributed by atoms with Crippen molar-refractivity contribution in [3.63, 3.8) is 0 Å². The first-order chi connectivity index (χ1) is 5.11. The van der Waals surface area contributed by atoms with E-state index in [0.29, 0.717) is 5.92 Å². The molecule has 0 radical (unpaired) electrons. The SMILES string of the molecule is Cc1ccc([C@@H](N)C(C)C)s1. The molecule has 62 valence electrons. The molecule has 1 rings (SSSR count). The second-order valence-electron chi connectivity index (χ2n) is 3.22. The number of aryl methyl sites for hydroxylation is 1. The van der Waals surface area contributed by atoms with Gasteiger partial charge in [-0.3, -0.25) is 0 Å². The summed E-state index contributed by atoms with van der Waals surface area (Å²) in [6.45, 7) is 6.42. The monoisotopic (exact) mass is 169 g/mol. The zero-order valence-electron chi connectivity index (χ0n) is 7.29. The van der Waals surface area contributed by atoms with Gasteiger partial charge in [-0.05, 0) is 25.0 Å². The molecule has 0 aliphatic rings. The van der Waals surface area contributed by atoms with Crippen molar-refractivity contribution in [3.05, 3.63) is 21.9 Å². The van der Waals surface area contributed by atoms with Crippen molar-refractivity contribution in [2.45, 2.75) is 26.8 Å². The Morgan fingerprint density at radius 1 is 1.36 bits per heavy atom. The molecular formula is C9H15NS. The van der Waals surface area contributed by atoms with Crippen molar-refractivity contribution >= 4 is 11.3 Å². The number of rotatable bonds is 2. The lowest BCUT2D eigenvalue weighted by Crippen LogP contribution is -2.14. The standard InChI is InChI=1S/C9H15NS/c1-6(2)9(10)8-5-4-7(3)11-8/h4-6,9H,10H2,1-3H3/t9-/m0/s1. The summed E-state index contributed by atoms with van der Waals surface area (Å²) >= 11 is 1.80. The van der Waals surface area contributed by atoms with Gasteiger partial charge in [-0.25, -0.2) is 0 Å². The van der Waals surface area contributed by atoms with Crippen LogP contribution in [0.4, 0.5) is 0 Å². The number of hydrogen-bond donors (Lipinski definition) is 1. The zero-order valence-corrected chi connectivity index (χ0v) is 8.11. The maximum Gasteiger partial charge on any atom is 0.0413 e. The molecule has 1 nitrogen and oxygen atoms in total. The molecule has 0 fully saturated rings. The third-order valence-corrected chi connectivity index (χ3v) is 2.91. The molecule has 0 aliphatic heterocycles. The van der Waals surface area contributed by atoms with Crippen molar-refractivity contribution < 1.29 is 0 Å². The molecule has 1 aromatic heterocycles. The average Bonchev–Trinajstić information content (AvgIpc) is 2.34. The third-order valence-electron chi connectivity index (χ3n) is 1.81. The second kappa shape index (κ2) is 3.37. The first kappa shape index (κ1) is 8.75. The van der Waals surface area contributed by atoms with Crippen LogP contribution in [-0.2, 0) is 0 Å². The minimum Gasteiger partial charge on any atom is -0.323 e. The molecule has 2 N–H and O–H groups in total. The number of nitrogens with two attached hydrogens (primary N) is 1. The Bertz CT molecular complexity index is 227. The van der Waals surface area contributed by atoms with E-state index in [4.69, 9.17) is 5.73 Å². The summed E-state index contributed by atoms with van der Waals surface area (Å²) in [5.41, 5.74) is 5.96. The van der Waals surface area contributed by atoms with Crippen LogP contribution in [0.5, 0.6) is 0 Å². The van der Waals surface area contributed by atoms with Crippen LogP contribution in [-0.4, -0.2) is 0 Å². The van der Waals surface area contributed by atoms with E-state index in [1.165, 1.54) is 9.75 Å². The zero-order chi connectivity index (χ0) is 8.43. The van der Waals surface area contributed by atoms with E-state index < -0.39 is 0 Å². The summed E-state index contributed by atoms with van der Waals surface area (Å²) in [5.74, 6) is 0.535. The van der Waals surface area contributed by atoms with Gasteiger partial charge < -0.3 is 5.73 Å². The Labute approximate surface area is 72.2 Å². The van der Waals surface area contributed by atoms with Crippen LogP contribution < -0.4 is 5.73 Å². The number of thiophene rings is 1. The van der Waals surface area contributed by atoms with Crippen LogP contribution in [0, 0.1) is 12.8 Å². The van der Waals surface area contributed by atoms with Crippen molar-refractivity contribution in [3.8, 4) is 0 Å². The van der Waals surface area contributed by atoms with Crippen LogP contribution in [0.3, 0.4) is 0 Å². The molecule has 11 heavy (non-hydrogen) atoms. The quantitative estimate of drug-likeness (QED) is 0.723. The molecule has 1 aromatic rings. The van der Waals surface area contributed by atoms with E-state index in [2.05, 4.69) is 32.9 Å². The Hall–Kier alpha value is -0.340. The summed E-state index contributed by atoms with van der Waals surface area (Å²) in [7, 11) is 0. The van der Waals surface area contributed by atoms with E-state index in [9.17, 15) is 0 Å². The Kier molecular flexibility index (Phi) is 2.68. The van der Waals surface area contributed by atoms with Gasteiger partial charge in [0.1, 0.15) is 0 Å². The van der Waals surface area contributed by atoms with Crippen molar-refractivity contribution in [2.75, 3.05) is 0 Å². The highest BCUT2D eigenvalue weighted by Crippen LogP contribution is 2.25. The second-order valence-corrected chi connectivity index (χ2v) is 4.54. The summed E-state index contributed by atoms with van der Waals surface area (Å²) in [6.07, 6.45) is 0. The molecule has 0 saturated heterocycles. The maximum absolute atomic E-state index is 5.96. The first-order valence-electron chi connectivity index (χ1n) is 3.93. The van der Waals surface area contributed by atoms with Crippen LogP contribution in [0.15, 0.2) is 12.1 Å². The van der Waals surface area contributed by atoms with Crippen molar-refractivity contribution in [1.82, 2.24) is 0 Å². The van der Waals surface area contributed by atoms with E-state index in [1.807, 2.05) is 0 Å². The molecule has 0 bridgehead atoms. The minimum absolute atomic E-state index is 0.216. The van der Waals surface area contributed by atoms with Gasteiger partial charge >= 0.3 is 0 Å². The average molecular weight is 169 g/mol. The van der Waals surface area contributed by atoms with Gasteiger partial charge in [-0.15, -0.1) is 11.3 Å². The van der Waals surface area contributed by atoms with E-state index in [0.717, 1.165) is 0 Å². The summed E-state index contributed by atoms with van der Waals surface area (Å²) in [5, 5.41) is 0. The van der Waals surface area contributed by atoms with Crippen LogP contribution in [0.1, 0.15) is 29.6 Å². The van der Waals surface area contributed by atoms with Gasteiger partial charge in [0.15, 0.2) is 0 Å². The Balaban J connectivity index is 2.76. The molecule has 0 amide bonds. The van der Waals surface area contributed by atoms with Gasteiger partial charge in [-0.1, -0.05) is 13.8 Å². The highest BCUT2D eigenvalue weighted by molar-refractivity contribution is 7.12. The van der Waals surface area contributed by atoms with E-state index in [1.54, 1.807) is 11.3 Å². The van der Waals surface area contributed by atoms with Crippen LogP contribution in [0.2, 0.25) is 0 Å². The van der Waals surface area contributed by atoms with Gasteiger partial charge in [0, 0.05) is 15.8 Å². The molecule has 0 aliphatic carbocycles. The fourth-order valence-electron chi connectivity index (χ4n) is 0.961. The Morgan fingerprint density at radius 3 is 2.36 bits per heavy atom. The number of hydrogen-bond acceptors (Lipinski definition) is 2. The first-order valence-corrected chi connectivity index (χ1v) is 4.75. The molecular weight excluding hydrogens is 154 g/mol. The molecule has 0 saturated carbocycles. The van der Waals surface area contributed by atoms with Crippen LogP contribution in [0.25, 0.3) is 0 Å². The molecule has 0 aromatic carbocycles. The molecule has 0 unspecified atom stereocenters. The predicted octanol–water partition coefficient (Wildman–Crippen LogP) is 2.71. The van der Waals surface area contributed by atoms with Gasteiger partial charge in [-0.2, -0.15) is 0 Å². The summed E-state index contributed by atoms with van der Waals surface area (Å²) < 4.78 is 0. The largest absolute Gasteiger partial charge is 0.323 e. The molecule has 2 heteroatoms. The van der Waals surface area contributed by atoms with Gasteiger partial charge in [0.25, 0.3) is 0 Å². The molecule has 1 heterocycles. The lowest BCUT2D eigenvalue weighted by atomic mass is 10.0. The highest BCUT2D eigenvalue weighted by atomic mass is 32.1. The summed E-state index contributed by atoms with van der Waals surface area (Å²) in [6, 6.07) is 4.47. The van der Waals surface area contributed by atoms with Gasteiger partial charge in [0.05, 0.1) is 0 Å². The van der Waals surface area contributed by atoms with E-state index in [-0.39, 0.29) is 6.04 Å². The fourth-order valence-corrected chi connectivity index (χ4v) is 2.01. The normalized spacial score (nSPS) is 13.9. The lowest BCUT2D eigenvalue weighted by molar-refractivity contribution is 0.521. The third kappa shape index (κ3) is 2.04. The smallest absolute Gasteiger partial charge is 0.0413 e. The fraction of sp³-hybridized carbons (Fsp3) is 0.556. The topological polar surface area (TPSA) is 26.0 Å². The van der Waals surface area contributed by atoms with Crippen molar-refractivity contribution in [1.29, 1.82) is 0 Å².